The lowest BCUT2D eigenvalue weighted by molar-refractivity contribution is -0.393. The molecular formula is C10H5Cl2F3N4O4. The van der Waals surface area contributed by atoms with Crippen LogP contribution in [0.3, 0.4) is 0 Å². The molecule has 0 aromatic heterocycles. The molecule has 1 aromatic rings. The third-order valence-electron chi connectivity index (χ3n) is 2.22. The van der Waals surface area contributed by atoms with Gasteiger partial charge < -0.3 is 0 Å². The molecule has 0 unspecified atom stereocenters. The number of rotatable bonds is 5. The molecule has 0 aliphatic carbocycles. The van der Waals surface area contributed by atoms with Gasteiger partial charge >= 0.3 is 11.9 Å². The molecule has 23 heavy (non-hydrogen) atoms. The second kappa shape index (κ2) is 7.24. The van der Waals surface area contributed by atoms with Crippen LogP contribution in [0, 0.1) is 20.2 Å². The van der Waals surface area contributed by atoms with Gasteiger partial charge in [0.15, 0.2) is 5.71 Å². The number of anilines is 1. The molecule has 8 nitrogen and oxygen atoms in total. The molecule has 0 radical (unpaired) electrons. The molecule has 0 amide bonds. The van der Waals surface area contributed by atoms with Crippen molar-refractivity contribution in [2.45, 2.75) is 6.18 Å². The van der Waals surface area contributed by atoms with Crippen LogP contribution in [0.4, 0.5) is 30.2 Å². The second-order valence-corrected chi connectivity index (χ2v) is 4.76. The van der Waals surface area contributed by atoms with Crippen LogP contribution in [-0.4, -0.2) is 21.7 Å². The van der Waals surface area contributed by atoms with Gasteiger partial charge in [0.1, 0.15) is 10.2 Å². The van der Waals surface area contributed by atoms with E-state index >= 15 is 0 Å². The van der Waals surface area contributed by atoms with E-state index in [1.165, 1.54) is 0 Å². The molecule has 1 N–H and O–H groups in total. The standard InChI is InChI=1S/C10H5Cl2F3N4O4/c11-9(12)4-8(10(13,14)15)17-16-6-2-1-5(18(20)21)3-7(6)19(22)23/h1-4,16H. The SMILES string of the molecule is O=[N+]([O-])c1ccc(NN=C(C=C(Cl)Cl)C(F)(F)F)c([N+](=O)[O-])c1. The summed E-state index contributed by atoms with van der Waals surface area (Å²) in [5.41, 5.74) is -1.65. The molecule has 0 saturated carbocycles. The molecule has 0 heterocycles. The maximum Gasteiger partial charge on any atom is 0.435 e. The normalized spacial score (nSPS) is 11.8. The molecule has 0 aliphatic heterocycles. The molecule has 13 heteroatoms. The summed E-state index contributed by atoms with van der Waals surface area (Å²) < 4.78 is 37.2. The molecule has 0 fully saturated rings. The number of nitrogens with one attached hydrogen (secondary N) is 1. The average Bonchev–Trinajstić information content (AvgIpc) is 2.41. The van der Waals surface area contributed by atoms with E-state index in [4.69, 9.17) is 23.2 Å². The molecular weight excluding hydrogens is 368 g/mol. The first kappa shape index (κ1) is 18.6. The minimum absolute atomic E-state index is 0.285. The molecule has 1 aromatic carbocycles. The van der Waals surface area contributed by atoms with E-state index in [0.29, 0.717) is 6.07 Å². The lowest BCUT2D eigenvalue weighted by atomic mass is 10.2. The number of non-ortho nitro benzene ring substituents is 1. The highest BCUT2D eigenvalue weighted by atomic mass is 35.5. The van der Waals surface area contributed by atoms with E-state index in [-0.39, 0.29) is 6.08 Å². The van der Waals surface area contributed by atoms with Crippen LogP contribution >= 0.6 is 23.2 Å². The Kier molecular flexibility index (Phi) is 5.87. The summed E-state index contributed by atoms with van der Waals surface area (Å²) in [6, 6.07) is 2.29. The van der Waals surface area contributed by atoms with Gasteiger partial charge in [-0.3, -0.25) is 25.7 Å². The highest BCUT2D eigenvalue weighted by Crippen LogP contribution is 2.29. The number of allylic oxidation sites excluding steroid dienone is 1. The maximum absolute atomic E-state index is 12.7. The zero-order valence-corrected chi connectivity index (χ0v) is 12.2. The smallest absolute Gasteiger partial charge is 0.271 e. The predicted molar refractivity (Wildman–Crippen MR) is 76.7 cm³/mol. The fourth-order valence-electron chi connectivity index (χ4n) is 1.28. The summed E-state index contributed by atoms with van der Waals surface area (Å²) >= 11 is 10.3. The van der Waals surface area contributed by atoms with Crippen molar-refractivity contribution in [3.05, 3.63) is 49.0 Å². The van der Waals surface area contributed by atoms with Crippen LogP contribution < -0.4 is 5.43 Å². The van der Waals surface area contributed by atoms with Crippen molar-refractivity contribution in [2.75, 3.05) is 5.43 Å². The Balaban J connectivity index is 3.26. The van der Waals surface area contributed by atoms with Crippen molar-refractivity contribution < 1.29 is 23.0 Å². The number of benzene rings is 1. The quantitative estimate of drug-likeness (QED) is 0.474. The summed E-state index contributed by atoms with van der Waals surface area (Å²) in [5, 5.41) is 24.3. The van der Waals surface area contributed by atoms with Gasteiger partial charge in [0, 0.05) is 12.1 Å². The van der Waals surface area contributed by atoms with Gasteiger partial charge in [-0.2, -0.15) is 18.3 Å². The van der Waals surface area contributed by atoms with Crippen LogP contribution in [0.15, 0.2) is 33.9 Å². The fourth-order valence-corrected chi connectivity index (χ4v) is 1.49. The molecule has 124 valence electrons. The van der Waals surface area contributed by atoms with E-state index in [1.54, 1.807) is 0 Å². The maximum atomic E-state index is 12.7. The van der Waals surface area contributed by atoms with Crippen molar-refractivity contribution in [3.63, 3.8) is 0 Å². The summed E-state index contributed by atoms with van der Waals surface area (Å²) in [6.07, 6.45) is -4.65. The van der Waals surface area contributed by atoms with Gasteiger partial charge in [-0.25, -0.2) is 0 Å². The summed E-state index contributed by atoms with van der Waals surface area (Å²) in [4.78, 5) is 19.5. The van der Waals surface area contributed by atoms with Crippen LogP contribution in [0.1, 0.15) is 0 Å². The van der Waals surface area contributed by atoms with Crippen LogP contribution in [-0.2, 0) is 0 Å². The van der Waals surface area contributed by atoms with Gasteiger partial charge in [0.05, 0.1) is 15.9 Å². The first-order valence-electron chi connectivity index (χ1n) is 5.39. The van der Waals surface area contributed by atoms with Gasteiger partial charge in [-0.15, -0.1) is 0 Å². The van der Waals surface area contributed by atoms with Crippen LogP contribution in [0.5, 0.6) is 0 Å². The number of nitrogens with zero attached hydrogens (tertiary/aromatic N) is 3. The Morgan fingerprint density at radius 1 is 1.22 bits per heavy atom. The Labute approximate surface area is 135 Å². The number of halogens is 5. The predicted octanol–water partition coefficient (Wildman–Crippen LogP) is 4.15. The van der Waals surface area contributed by atoms with Gasteiger partial charge in [0.25, 0.3) is 5.69 Å². The number of hydrogen-bond acceptors (Lipinski definition) is 6. The highest BCUT2D eigenvalue weighted by Gasteiger charge is 2.35. The first-order valence-corrected chi connectivity index (χ1v) is 6.14. The molecule has 0 bridgehead atoms. The zero-order chi connectivity index (χ0) is 17.8. The first-order chi connectivity index (χ1) is 10.5. The van der Waals surface area contributed by atoms with Crippen LogP contribution in [0.2, 0.25) is 0 Å². The Hall–Kier alpha value is -2.40. The van der Waals surface area contributed by atoms with Gasteiger partial charge in [-0.05, 0) is 6.07 Å². The van der Waals surface area contributed by atoms with Gasteiger partial charge in [0.2, 0.25) is 0 Å². The zero-order valence-electron chi connectivity index (χ0n) is 10.7. The minimum atomic E-state index is -4.93. The van der Waals surface area contributed by atoms with Crippen molar-refractivity contribution >= 4 is 46.0 Å². The average molecular weight is 373 g/mol. The fraction of sp³-hybridized carbons (Fsp3) is 0.100. The summed E-state index contributed by atoms with van der Waals surface area (Å²) in [7, 11) is 0. The Bertz CT molecular complexity index is 702. The number of hydrazone groups is 1. The highest BCUT2D eigenvalue weighted by molar-refractivity contribution is 6.56. The number of hydrogen-bond donors (Lipinski definition) is 1. The largest absolute Gasteiger partial charge is 0.435 e. The third-order valence-corrected chi connectivity index (χ3v) is 2.44. The Morgan fingerprint density at radius 3 is 2.26 bits per heavy atom. The Morgan fingerprint density at radius 2 is 1.83 bits per heavy atom. The molecule has 0 atom stereocenters. The van der Waals surface area contributed by atoms with Crippen molar-refractivity contribution in [1.82, 2.24) is 0 Å². The topological polar surface area (TPSA) is 111 Å². The van der Waals surface area contributed by atoms with E-state index in [9.17, 15) is 33.4 Å². The van der Waals surface area contributed by atoms with E-state index in [1.807, 2.05) is 5.43 Å². The lowest BCUT2D eigenvalue weighted by Gasteiger charge is -2.08. The summed E-state index contributed by atoms with van der Waals surface area (Å²) in [6.45, 7) is 0. The molecule has 0 aliphatic rings. The summed E-state index contributed by atoms with van der Waals surface area (Å²) in [5.74, 6) is 0. The lowest BCUT2D eigenvalue weighted by Crippen LogP contribution is -2.22. The van der Waals surface area contributed by atoms with Gasteiger partial charge in [-0.1, -0.05) is 23.2 Å². The second-order valence-electron chi connectivity index (χ2n) is 3.76. The number of nitro benzene ring substituents is 2. The molecule has 0 saturated heterocycles. The minimum Gasteiger partial charge on any atom is -0.271 e. The van der Waals surface area contributed by atoms with Crippen LogP contribution in [0.25, 0.3) is 0 Å². The third kappa shape index (κ3) is 5.38. The van der Waals surface area contributed by atoms with Crippen molar-refractivity contribution in [3.8, 4) is 0 Å². The molecule has 1 rings (SSSR count). The monoisotopic (exact) mass is 372 g/mol. The van der Waals surface area contributed by atoms with E-state index in [0.717, 1.165) is 12.1 Å². The van der Waals surface area contributed by atoms with Crippen molar-refractivity contribution in [2.24, 2.45) is 5.10 Å². The molecule has 0 spiro atoms. The number of nitro groups is 2. The van der Waals surface area contributed by atoms with E-state index < -0.39 is 43.3 Å². The van der Waals surface area contributed by atoms with Crippen molar-refractivity contribution in [1.29, 1.82) is 0 Å². The van der Waals surface area contributed by atoms with E-state index in [2.05, 4.69) is 5.10 Å². The number of alkyl halides is 3.